The highest BCUT2D eigenvalue weighted by molar-refractivity contribution is 6.22. The summed E-state index contributed by atoms with van der Waals surface area (Å²) in [7, 11) is 0. The summed E-state index contributed by atoms with van der Waals surface area (Å²) < 4.78 is 6.81. The lowest BCUT2D eigenvalue weighted by atomic mass is 9.67. The zero-order valence-corrected chi connectivity index (χ0v) is 39.2. The first-order chi connectivity index (χ1) is 35.7. The smallest absolute Gasteiger partial charge is 0.160 e. The Morgan fingerprint density at radius 3 is 1.54 bits per heavy atom. The third-order valence-electron chi connectivity index (χ3n) is 14.8. The lowest BCUT2D eigenvalue weighted by Crippen LogP contribution is -2.28. The third kappa shape index (κ3) is 6.74. The molecule has 0 fully saturated rings. The zero-order chi connectivity index (χ0) is 47.6. The largest absolute Gasteiger partial charge is 0.455 e. The van der Waals surface area contributed by atoms with Crippen LogP contribution in [0.4, 0.5) is 0 Å². The Hall–Kier alpha value is -9.44. The van der Waals surface area contributed by atoms with Gasteiger partial charge >= 0.3 is 0 Å². The van der Waals surface area contributed by atoms with E-state index in [0.717, 1.165) is 72.3 Å². The van der Waals surface area contributed by atoms with E-state index in [-0.39, 0.29) is 0 Å². The number of hydrogen-bond donors (Lipinski definition) is 0. The highest BCUT2D eigenvalue weighted by Crippen LogP contribution is 2.57. The molecule has 13 aromatic rings. The molecule has 3 nitrogen and oxygen atoms in total. The van der Waals surface area contributed by atoms with Crippen molar-refractivity contribution in [2.45, 2.75) is 5.41 Å². The summed E-state index contributed by atoms with van der Waals surface area (Å²) in [5.41, 5.74) is 20.2. The number of nitrogens with zero attached hydrogens (tertiary/aromatic N) is 2. The number of furan rings is 1. The van der Waals surface area contributed by atoms with Crippen LogP contribution in [-0.4, -0.2) is 9.97 Å². The van der Waals surface area contributed by atoms with E-state index in [9.17, 15) is 0 Å². The molecule has 2 aromatic heterocycles. The number of aromatic nitrogens is 2. The van der Waals surface area contributed by atoms with Crippen LogP contribution in [0.3, 0.4) is 0 Å². The number of benzene rings is 11. The average Bonchev–Trinajstić information content (AvgIpc) is 4.00. The molecule has 0 atom stereocenters. The Bertz CT molecular complexity index is 4130. The van der Waals surface area contributed by atoms with Gasteiger partial charge in [-0.15, -0.1) is 0 Å². The summed E-state index contributed by atoms with van der Waals surface area (Å²) in [6.45, 7) is 0. The summed E-state index contributed by atoms with van der Waals surface area (Å²) in [5, 5.41) is 4.57. The van der Waals surface area contributed by atoms with E-state index in [0.29, 0.717) is 5.82 Å². The lowest BCUT2D eigenvalue weighted by molar-refractivity contribution is 0.670. The van der Waals surface area contributed by atoms with Crippen molar-refractivity contribution in [2.75, 3.05) is 0 Å². The maximum Gasteiger partial charge on any atom is 0.160 e. The van der Waals surface area contributed by atoms with Crippen LogP contribution >= 0.6 is 0 Å². The molecule has 0 bridgehead atoms. The van der Waals surface area contributed by atoms with Gasteiger partial charge < -0.3 is 4.42 Å². The van der Waals surface area contributed by atoms with Crippen molar-refractivity contribution in [2.24, 2.45) is 0 Å². The van der Waals surface area contributed by atoms with Crippen LogP contribution in [0.15, 0.2) is 271 Å². The Morgan fingerprint density at radius 2 is 0.847 bits per heavy atom. The molecule has 0 saturated carbocycles. The van der Waals surface area contributed by atoms with E-state index >= 15 is 0 Å². The normalized spacial score (nSPS) is 12.6. The molecular formula is C69H44N2O. The zero-order valence-electron chi connectivity index (χ0n) is 39.2. The topological polar surface area (TPSA) is 38.9 Å². The Balaban J connectivity index is 0.909. The number of rotatable bonds is 8. The molecule has 0 N–H and O–H groups in total. The number of fused-ring (bicyclic) bond motifs is 8. The molecule has 0 radical (unpaired) electrons. The standard InChI is InChI=1S/C69H44N2O/c1-6-18-45(19-7-1)50-34-37-56-51(40-50)36-39-65-66(56)60-42-53(41-59(67(60)72-65)47-20-8-2-9-21-47)46-30-32-48(33-31-46)63-44-64(71-68(70-63)49-22-10-3-11-23-49)52-35-38-58-57-28-16-17-29-61(57)69(62(58)43-52,54-24-12-4-13-25-54)55-26-14-5-15-27-55/h1-44H. The molecule has 0 unspecified atom stereocenters. The molecule has 0 aliphatic heterocycles. The van der Waals surface area contributed by atoms with Gasteiger partial charge in [0.15, 0.2) is 5.82 Å². The highest BCUT2D eigenvalue weighted by atomic mass is 16.3. The van der Waals surface area contributed by atoms with Gasteiger partial charge in [-0.25, -0.2) is 9.97 Å². The Labute approximate surface area is 418 Å². The molecule has 336 valence electrons. The first-order valence-corrected chi connectivity index (χ1v) is 24.6. The van der Waals surface area contributed by atoms with Gasteiger partial charge in [0.05, 0.1) is 16.8 Å². The minimum atomic E-state index is -0.524. The first kappa shape index (κ1) is 41.5. The molecule has 0 amide bonds. The maximum atomic E-state index is 6.81. The van der Waals surface area contributed by atoms with Crippen molar-refractivity contribution < 1.29 is 4.42 Å². The second-order valence-electron chi connectivity index (χ2n) is 18.8. The van der Waals surface area contributed by atoms with E-state index in [1.807, 2.05) is 6.07 Å². The predicted octanol–water partition coefficient (Wildman–Crippen LogP) is 17.9. The fourth-order valence-corrected chi connectivity index (χ4v) is 11.4. The van der Waals surface area contributed by atoms with E-state index in [1.54, 1.807) is 0 Å². The molecule has 1 aliphatic carbocycles. The summed E-state index contributed by atoms with van der Waals surface area (Å²) in [4.78, 5) is 10.6. The molecule has 0 spiro atoms. The highest BCUT2D eigenvalue weighted by Gasteiger charge is 2.46. The van der Waals surface area contributed by atoms with Crippen molar-refractivity contribution in [3.63, 3.8) is 0 Å². The van der Waals surface area contributed by atoms with Crippen molar-refractivity contribution in [1.82, 2.24) is 9.97 Å². The van der Waals surface area contributed by atoms with Gasteiger partial charge in [-0.2, -0.15) is 0 Å². The van der Waals surface area contributed by atoms with Gasteiger partial charge in [-0.3, -0.25) is 0 Å². The van der Waals surface area contributed by atoms with Crippen molar-refractivity contribution in [3.8, 4) is 78.4 Å². The third-order valence-corrected chi connectivity index (χ3v) is 14.8. The van der Waals surface area contributed by atoms with Gasteiger partial charge in [-0.1, -0.05) is 231 Å². The van der Waals surface area contributed by atoms with Gasteiger partial charge in [0, 0.05) is 33.0 Å². The fraction of sp³-hybridized carbons (Fsp3) is 0.0145. The average molecular weight is 917 g/mol. The Kier molecular flexibility index (Phi) is 9.75. The molecule has 1 aliphatic rings. The minimum absolute atomic E-state index is 0.524. The monoisotopic (exact) mass is 916 g/mol. The number of hydrogen-bond acceptors (Lipinski definition) is 3. The minimum Gasteiger partial charge on any atom is -0.455 e. The van der Waals surface area contributed by atoms with Crippen LogP contribution in [0.2, 0.25) is 0 Å². The molecule has 14 rings (SSSR count). The predicted molar refractivity (Wildman–Crippen MR) is 297 cm³/mol. The summed E-state index contributed by atoms with van der Waals surface area (Å²) in [6, 6.07) is 95.8. The van der Waals surface area contributed by atoms with Crippen LogP contribution < -0.4 is 0 Å². The van der Waals surface area contributed by atoms with Crippen LogP contribution in [-0.2, 0) is 5.41 Å². The molecule has 2 heterocycles. The van der Waals surface area contributed by atoms with E-state index in [4.69, 9.17) is 14.4 Å². The van der Waals surface area contributed by atoms with Crippen LogP contribution in [0, 0.1) is 0 Å². The molecule has 3 heteroatoms. The molecule has 72 heavy (non-hydrogen) atoms. The van der Waals surface area contributed by atoms with Gasteiger partial charge in [-0.05, 0) is 108 Å². The lowest BCUT2D eigenvalue weighted by Gasteiger charge is -2.34. The summed E-state index contributed by atoms with van der Waals surface area (Å²) >= 11 is 0. The van der Waals surface area contributed by atoms with E-state index < -0.39 is 5.41 Å². The Morgan fingerprint density at radius 1 is 0.306 bits per heavy atom. The van der Waals surface area contributed by atoms with Gasteiger partial charge in [0.2, 0.25) is 0 Å². The van der Waals surface area contributed by atoms with Crippen molar-refractivity contribution >= 4 is 32.7 Å². The van der Waals surface area contributed by atoms with E-state index in [2.05, 4.69) is 261 Å². The quantitative estimate of drug-likeness (QED) is 0.152. The fourth-order valence-electron chi connectivity index (χ4n) is 11.4. The van der Waals surface area contributed by atoms with Crippen LogP contribution in [0.1, 0.15) is 22.3 Å². The second kappa shape index (κ2) is 16.9. The second-order valence-corrected chi connectivity index (χ2v) is 18.8. The first-order valence-electron chi connectivity index (χ1n) is 24.6. The molecule has 11 aromatic carbocycles. The summed E-state index contributed by atoms with van der Waals surface area (Å²) in [6.07, 6.45) is 0. The maximum absolute atomic E-state index is 6.81. The van der Waals surface area contributed by atoms with Gasteiger partial charge in [0.25, 0.3) is 0 Å². The molecular weight excluding hydrogens is 873 g/mol. The van der Waals surface area contributed by atoms with Crippen molar-refractivity contribution in [3.05, 3.63) is 289 Å². The van der Waals surface area contributed by atoms with Crippen LogP contribution in [0.25, 0.3) is 111 Å². The molecule has 0 saturated heterocycles. The SMILES string of the molecule is c1ccc(-c2ccc3c(ccc4oc5c(-c6ccccc6)cc(-c6ccc(-c7cc(-c8ccc9c(c8)C(c8ccccc8)(c8ccccc8)c8ccccc8-9)nc(-c8ccccc8)n7)cc6)cc5c43)c2)cc1. The summed E-state index contributed by atoms with van der Waals surface area (Å²) in [5.74, 6) is 0.682. The van der Waals surface area contributed by atoms with E-state index in [1.165, 1.54) is 55.3 Å². The van der Waals surface area contributed by atoms with Gasteiger partial charge in [0.1, 0.15) is 11.2 Å². The van der Waals surface area contributed by atoms with Crippen molar-refractivity contribution in [1.29, 1.82) is 0 Å². The van der Waals surface area contributed by atoms with Crippen LogP contribution in [0.5, 0.6) is 0 Å².